The van der Waals surface area contributed by atoms with Crippen LogP contribution in [-0.2, 0) is 4.79 Å². The van der Waals surface area contributed by atoms with Crippen LogP contribution in [0.5, 0.6) is 0 Å². The van der Waals surface area contributed by atoms with Crippen molar-refractivity contribution in [2.45, 2.75) is 6.92 Å². The highest BCUT2D eigenvalue weighted by Crippen LogP contribution is 2.25. The van der Waals surface area contributed by atoms with Gasteiger partial charge in [-0.3, -0.25) is 25.3 Å². The molecule has 31 heavy (non-hydrogen) atoms. The topological polar surface area (TPSA) is 162 Å². The molecule has 1 fully saturated rings. The average molecular weight is 446 g/mol. The normalized spacial score (nSPS) is 13.8. The van der Waals surface area contributed by atoms with Gasteiger partial charge in [-0.1, -0.05) is 17.3 Å². The van der Waals surface area contributed by atoms with E-state index in [0.717, 1.165) is 24.4 Å². The highest BCUT2D eigenvalue weighted by atomic mass is 32.1. The third-order valence-corrected chi connectivity index (χ3v) is 5.26. The Kier molecular flexibility index (Phi) is 7.55. The van der Waals surface area contributed by atoms with Gasteiger partial charge in [0.1, 0.15) is 16.5 Å². The highest BCUT2D eigenvalue weighted by molar-refractivity contribution is 7.17. The first-order chi connectivity index (χ1) is 15.0. The van der Waals surface area contributed by atoms with Crippen LogP contribution in [0.1, 0.15) is 16.6 Å². The maximum absolute atomic E-state index is 11.6. The minimum atomic E-state index is -0.559. The lowest BCUT2D eigenvalue weighted by Crippen LogP contribution is -2.47. The molecule has 2 amide bonds. The lowest BCUT2D eigenvalue weighted by molar-refractivity contribution is -0.115. The van der Waals surface area contributed by atoms with E-state index in [1.807, 2.05) is 0 Å². The van der Waals surface area contributed by atoms with Crippen molar-refractivity contribution in [3.05, 3.63) is 17.1 Å². The molecule has 0 bridgehead atoms. The number of nitrogens with two attached hydrogens (primary N) is 1. The molecule has 12 nitrogen and oxygen atoms in total. The maximum atomic E-state index is 11.6. The molecule has 3 rings (SSSR count). The van der Waals surface area contributed by atoms with E-state index in [4.69, 9.17) is 10.8 Å². The molecule has 1 aliphatic rings. The standard InChI is InChI=1S/C18H23N9O3S/c1-2-3-15(29)24-25-17-21-13(22-18-20-11-12(31-18)16(19)30)10-14(23-17)27-6-4-26(5-7-27)8-9-28/h10-11,28H,4-9H2,1H3,(H2,19,30)(H,24,29)(H2,20,21,22,23,25). The number of thiazole rings is 1. The summed E-state index contributed by atoms with van der Waals surface area (Å²) in [6.07, 6.45) is 1.39. The molecule has 3 heterocycles. The summed E-state index contributed by atoms with van der Waals surface area (Å²) in [4.78, 5) is 40.5. The van der Waals surface area contributed by atoms with E-state index < -0.39 is 11.8 Å². The van der Waals surface area contributed by atoms with Crippen molar-refractivity contribution < 1.29 is 14.7 Å². The monoisotopic (exact) mass is 445 g/mol. The zero-order chi connectivity index (χ0) is 22.2. The zero-order valence-corrected chi connectivity index (χ0v) is 17.7. The molecule has 0 spiro atoms. The number of hydrazine groups is 1. The second-order valence-corrected chi connectivity index (χ2v) is 7.49. The Bertz CT molecular complexity index is 993. The molecule has 2 aromatic heterocycles. The first-order valence-corrected chi connectivity index (χ1v) is 10.3. The zero-order valence-electron chi connectivity index (χ0n) is 16.9. The number of amides is 2. The molecule has 0 aliphatic carbocycles. The van der Waals surface area contributed by atoms with Crippen LogP contribution in [0.3, 0.4) is 0 Å². The van der Waals surface area contributed by atoms with Crippen molar-refractivity contribution in [1.29, 1.82) is 0 Å². The molecule has 2 aromatic rings. The van der Waals surface area contributed by atoms with Gasteiger partial charge < -0.3 is 21.1 Å². The van der Waals surface area contributed by atoms with Gasteiger partial charge in [-0.25, -0.2) is 4.98 Å². The SMILES string of the molecule is CC#CC(=O)NNc1nc(Nc2ncc(C(N)=O)s2)cc(N2CCN(CCO)CC2)n1. The van der Waals surface area contributed by atoms with E-state index in [1.54, 1.807) is 13.0 Å². The summed E-state index contributed by atoms with van der Waals surface area (Å²) < 4.78 is 0. The Morgan fingerprint density at radius 2 is 2.06 bits per heavy atom. The summed E-state index contributed by atoms with van der Waals surface area (Å²) in [6, 6.07) is 1.76. The molecule has 6 N–H and O–H groups in total. The highest BCUT2D eigenvalue weighted by Gasteiger charge is 2.19. The second-order valence-electron chi connectivity index (χ2n) is 6.46. The number of aromatic nitrogens is 3. The number of hydrogen-bond acceptors (Lipinski definition) is 11. The van der Waals surface area contributed by atoms with Gasteiger partial charge in [0.2, 0.25) is 5.95 Å². The largest absolute Gasteiger partial charge is 0.395 e. The third kappa shape index (κ3) is 6.25. The van der Waals surface area contributed by atoms with E-state index in [0.29, 0.717) is 41.3 Å². The number of rotatable bonds is 8. The Balaban J connectivity index is 1.80. The fourth-order valence-electron chi connectivity index (χ4n) is 2.87. The van der Waals surface area contributed by atoms with Crippen LogP contribution in [0.15, 0.2) is 12.3 Å². The van der Waals surface area contributed by atoms with Crippen molar-refractivity contribution in [2.75, 3.05) is 55.0 Å². The molecule has 0 unspecified atom stereocenters. The molecule has 0 radical (unpaired) electrons. The minimum absolute atomic E-state index is 0.122. The Morgan fingerprint density at radius 1 is 1.29 bits per heavy atom. The summed E-state index contributed by atoms with van der Waals surface area (Å²) in [5.41, 5.74) is 10.4. The number of β-amino-alcohol motifs (C(OH)–C–C–N with tert-alkyl or cyclic N) is 1. The lowest BCUT2D eigenvalue weighted by Gasteiger charge is -2.35. The summed E-state index contributed by atoms with van der Waals surface area (Å²) in [5, 5.41) is 12.6. The number of primary amides is 1. The number of hydrogen-bond donors (Lipinski definition) is 5. The molecule has 0 atom stereocenters. The van der Waals surface area contributed by atoms with Crippen LogP contribution < -0.4 is 26.8 Å². The van der Waals surface area contributed by atoms with Crippen LogP contribution in [0.25, 0.3) is 0 Å². The van der Waals surface area contributed by atoms with Crippen molar-refractivity contribution in [2.24, 2.45) is 5.73 Å². The van der Waals surface area contributed by atoms with Gasteiger partial charge in [0.15, 0.2) is 5.13 Å². The number of carbonyl (C=O) groups is 2. The molecule has 0 saturated carbocycles. The Morgan fingerprint density at radius 3 is 2.71 bits per heavy atom. The number of aliphatic hydroxyl groups excluding tert-OH is 1. The van der Waals surface area contributed by atoms with Gasteiger partial charge in [-0.2, -0.15) is 9.97 Å². The van der Waals surface area contributed by atoms with Gasteiger partial charge in [-0.05, 0) is 12.8 Å². The van der Waals surface area contributed by atoms with Crippen LogP contribution in [0.4, 0.5) is 22.7 Å². The predicted molar refractivity (Wildman–Crippen MR) is 117 cm³/mol. The molecular weight excluding hydrogens is 422 g/mol. The number of nitrogens with zero attached hydrogens (tertiary/aromatic N) is 5. The Hall–Kier alpha value is -3.47. The lowest BCUT2D eigenvalue weighted by atomic mass is 10.3. The third-order valence-electron chi connectivity index (χ3n) is 4.34. The number of aliphatic hydroxyl groups is 1. The molecule has 1 saturated heterocycles. The predicted octanol–water partition coefficient (Wildman–Crippen LogP) is -0.644. The van der Waals surface area contributed by atoms with Crippen LogP contribution >= 0.6 is 11.3 Å². The van der Waals surface area contributed by atoms with Crippen molar-refractivity contribution >= 4 is 45.9 Å². The van der Waals surface area contributed by atoms with Crippen LogP contribution in [0.2, 0.25) is 0 Å². The number of piperazine rings is 1. The van der Waals surface area contributed by atoms with E-state index in [9.17, 15) is 9.59 Å². The number of anilines is 4. The van der Waals surface area contributed by atoms with E-state index in [1.165, 1.54) is 6.20 Å². The summed E-state index contributed by atoms with van der Waals surface area (Å²) in [5.74, 6) is 5.01. The van der Waals surface area contributed by atoms with E-state index >= 15 is 0 Å². The minimum Gasteiger partial charge on any atom is -0.395 e. The second kappa shape index (κ2) is 10.5. The van der Waals surface area contributed by atoms with Crippen molar-refractivity contribution in [3.8, 4) is 11.8 Å². The van der Waals surface area contributed by atoms with Gasteiger partial charge in [-0.15, -0.1) is 0 Å². The van der Waals surface area contributed by atoms with Gasteiger partial charge in [0.05, 0.1) is 12.8 Å². The van der Waals surface area contributed by atoms with Crippen molar-refractivity contribution in [3.63, 3.8) is 0 Å². The fourth-order valence-corrected chi connectivity index (χ4v) is 3.55. The number of nitrogens with one attached hydrogen (secondary N) is 3. The van der Waals surface area contributed by atoms with E-state index in [-0.39, 0.29) is 12.6 Å². The first-order valence-electron chi connectivity index (χ1n) is 9.47. The van der Waals surface area contributed by atoms with Crippen molar-refractivity contribution in [1.82, 2.24) is 25.3 Å². The molecule has 0 aromatic carbocycles. The summed E-state index contributed by atoms with van der Waals surface area (Å²) in [6.45, 7) is 5.31. The first kappa shape index (κ1) is 22.2. The Labute approximate surface area is 182 Å². The quantitative estimate of drug-likeness (QED) is 0.261. The number of carbonyl (C=O) groups excluding carboxylic acids is 2. The molecule has 1 aliphatic heterocycles. The summed E-state index contributed by atoms with van der Waals surface area (Å²) >= 11 is 1.10. The van der Waals surface area contributed by atoms with E-state index in [2.05, 4.69) is 52.8 Å². The molecule has 164 valence electrons. The van der Waals surface area contributed by atoms with Gasteiger partial charge in [0, 0.05) is 38.8 Å². The van der Waals surface area contributed by atoms with Gasteiger partial charge >= 0.3 is 5.91 Å². The molecular formula is C18H23N9O3S. The smallest absolute Gasteiger partial charge is 0.314 e. The fraction of sp³-hybridized carbons (Fsp3) is 0.389. The van der Waals surface area contributed by atoms with Gasteiger partial charge in [0.25, 0.3) is 5.91 Å². The van der Waals surface area contributed by atoms with Crippen LogP contribution in [0, 0.1) is 11.8 Å². The average Bonchev–Trinajstić information content (AvgIpc) is 3.22. The van der Waals surface area contributed by atoms with Crippen LogP contribution in [-0.4, -0.2) is 76.1 Å². The molecule has 13 heteroatoms. The summed E-state index contributed by atoms with van der Waals surface area (Å²) in [7, 11) is 0. The maximum Gasteiger partial charge on any atom is 0.314 e.